The van der Waals surface area contributed by atoms with E-state index in [4.69, 9.17) is 0 Å². The molecule has 2 aromatic heterocycles. The molecular weight excluding hydrogens is 371 g/mol. The van der Waals surface area contributed by atoms with Gasteiger partial charge in [-0.1, -0.05) is 0 Å². The molecule has 6 nitrogen and oxygen atoms in total. The molecule has 0 spiro atoms. The standard InChI is InChI=1S/C16H11F5N6/c1-7-3-11(18)9(4-10(7)17)13-12(5-22)26-15-23-6-24-27(15)14(13)25-8(2)16(19,20)21/h3-4,6,8,25H,1-2H3. The van der Waals surface area contributed by atoms with E-state index in [0.29, 0.717) is 0 Å². The fraction of sp³-hybridized carbons (Fsp3) is 0.250. The number of nitriles is 1. The maximum absolute atomic E-state index is 14.5. The van der Waals surface area contributed by atoms with E-state index >= 15 is 0 Å². The Hall–Kier alpha value is -3.29. The number of aromatic nitrogens is 4. The summed E-state index contributed by atoms with van der Waals surface area (Å²) < 4.78 is 68.6. The molecule has 0 radical (unpaired) electrons. The third kappa shape index (κ3) is 3.25. The second kappa shape index (κ2) is 6.46. The molecule has 0 saturated carbocycles. The SMILES string of the molecule is Cc1cc(F)c(-c2c(C#N)nc3ncnn3c2NC(C)C(F)(F)F)cc1F. The van der Waals surface area contributed by atoms with Crippen molar-refractivity contribution in [1.82, 2.24) is 19.6 Å². The molecule has 11 heteroatoms. The highest BCUT2D eigenvalue weighted by molar-refractivity contribution is 5.81. The van der Waals surface area contributed by atoms with Crippen LogP contribution in [0, 0.1) is 29.9 Å². The van der Waals surface area contributed by atoms with E-state index in [0.717, 1.165) is 29.9 Å². The molecule has 2 heterocycles. The molecule has 1 atom stereocenters. The quantitative estimate of drug-likeness (QED) is 0.700. The van der Waals surface area contributed by atoms with E-state index in [1.54, 1.807) is 6.07 Å². The molecular formula is C16H11F5N6. The lowest BCUT2D eigenvalue weighted by Gasteiger charge is -2.21. The molecule has 1 unspecified atom stereocenters. The highest BCUT2D eigenvalue weighted by atomic mass is 19.4. The first-order valence-corrected chi connectivity index (χ1v) is 7.56. The summed E-state index contributed by atoms with van der Waals surface area (Å²) in [5.74, 6) is -2.25. The Kier molecular flexibility index (Phi) is 4.43. The summed E-state index contributed by atoms with van der Waals surface area (Å²) in [7, 11) is 0. The van der Waals surface area contributed by atoms with E-state index in [2.05, 4.69) is 20.4 Å². The van der Waals surface area contributed by atoms with Gasteiger partial charge in [0.25, 0.3) is 5.78 Å². The zero-order valence-electron chi connectivity index (χ0n) is 13.9. The van der Waals surface area contributed by atoms with Crippen molar-refractivity contribution < 1.29 is 22.0 Å². The lowest BCUT2D eigenvalue weighted by atomic mass is 10.0. The van der Waals surface area contributed by atoms with Gasteiger partial charge in [0, 0.05) is 5.56 Å². The van der Waals surface area contributed by atoms with Crippen molar-refractivity contribution in [3.63, 3.8) is 0 Å². The van der Waals surface area contributed by atoms with E-state index in [1.165, 1.54) is 6.92 Å². The molecule has 0 bridgehead atoms. The Morgan fingerprint density at radius 1 is 1.22 bits per heavy atom. The average molecular weight is 382 g/mol. The van der Waals surface area contributed by atoms with E-state index in [9.17, 15) is 27.2 Å². The molecule has 0 aliphatic carbocycles. The molecule has 1 aromatic carbocycles. The van der Waals surface area contributed by atoms with E-state index in [-0.39, 0.29) is 22.7 Å². The van der Waals surface area contributed by atoms with Crippen LogP contribution in [0.1, 0.15) is 18.2 Å². The lowest BCUT2D eigenvalue weighted by molar-refractivity contribution is -0.138. The maximum atomic E-state index is 14.5. The first-order valence-electron chi connectivity index (χ1n) is 7.56. The van der Waals surface area contributed by atoms with Gasteiger partial charge in [-0.2, -0.15) is 38.0 Å². The summed E-state index contributed by atoms with van der Waals surface area (Å²) in [5, 5.41) is 15.3. The van der Waals surface area contributed by atoms with Gasteiger partial charge in [-0.05, 0) is 31.5 Å². The molecule has 3 rings (SSSR count). The number of nitrogens with zero attached hydrogens (tertiary/aromatic N) is 5. The molecule has 0 aliphatic heterocycles. The van der Waals surface area contributed by atoms with Crippen molar-refractivity contribution in [2.75, 3.05) is 5.32 Å². The predicted molar refractivity (Wildman–Crippen MR) is 84.7 cm³/mol. The predicted octanol–water partition coefficient (Wildman–Crippen LogP) is 3.61. The number of fused-ring (bicyclic) bond motifs is 1. The Balaban J connectivity index is 2.36. The number of hydrogen-bond acceptors (Lipinski definition) is 5. The fourth-order valence-corrected chi connectivity index (χ4v) is 2.44. The summed E-state index contributed by atoms with van der Waals surface area (Å²) in [6, 6.07) is 1.30. The first-order chi connectivity index (χ1) is 12.6. The van der Waals surface area contributed by atoms with Gasteiger partial charge in [0.2, 0.25) is 0 Å². The monoisotopic (exact) mass is 382 g/mol. The molecule has 3 aromatic rings. The number of halogens is 5. The lowest BCUT2D eigenvalue weighted by Crippen LogP contribution is -2.34. The van der Waals surface area contributed by atoms with Gasteiger partial charge < -0.3 is 5.32 Å². The van der Waals surface area contributed by atoms with Crippen LogP contribution in [-0.2, 0) is 0 Å². The van der Waals surface area contributed by atoms with Gasteiger partial charge in [0.15, 0.2) is 5.69 Å². The highest BCUT2D eigenvalue weighted by Gasteiger charge is 2.37. The van der Waals surface area contributed by atoms with E-state index in [1.807, 2.05) is 0 Å². The van der Waals surface area contributed by atoms with Crippen molar-refractivity contribution in [2.45, 2.75) is 26.1 Å². The zero-order chi connectivity index (χ0) is 19.9. The largest absolute Gasteiger partial charge is 0.408 e. The van der Waals surface area contributed by atoms with Crippen molar-refractivity contribution in [2.24, 2.45) is 0 Å². The van der Waals surface area contributed by atoms with Crippen LogP contribution in [-0.4, -0.2) is 31.8 Å². The van der Waals surface area contributed by atoms with Gasteiger partial charge in [-0.3, -0.25) is 0 Å². The third-order valence-electron chi connectivity index (χ3n) is 3.89. The Morgan fingerprint density at radius 3 is 2.56 bits per heavy atom. The topological polar surface area (TPSA) is 78.9 Å². The van der Waals surface area contributed by atoms with Crippen LogP contribution in [0.4, 0.5) is 27.8 Å². The Labute approximate surface area is 149 Å². The molecule has 0 aliphatic rings. The van der Waals surface area contributed by atoms with Crippen LogP contribution >= 0.6 is 0 Å². The molecule has 140 valence electrons. The van der Waals surface area contributed by atoms with Crippen LogP contribution in [0.5, 0.6) is 0 Å². The van der Waals surface area contributed by atoms with Gasteiger partial charge in [-0.15, -0.1) is 0 Å². The zero-order valence-corrected chi connectivity index (χ0v) is 13.9. The average Bonchev–Trinajstić information content (AvgIpc) is 3.05. The van der Waals surface area contributed by atoms with Gasteiger partial charge in [0.1, 0.15) is 35.9 Å². The third-order valence-corrected chi connectivity index (χ3v) is 3.89. The minimum absolute atomic E-state index is 0.00252. The number of nitrogens with one attached hydrogen (secondary N) is 1. The number of alkyl halides is 3. The fourth-order valence-electron chi connectivity index (χ4n) is 2.44. The first kappa shape index (κ1) is 18.5. The minimum atomic E-state index is -4.64. The van der Waals surface area contributed by atoms with Gasteiger partial charge in [-0.25, -0.2) is 8.78 Å². The van der Waals surface area contributed by atoms with Crippen molar-refractivity contribution in [1.29, 1.82) is 5.26 Å². The summed E-state index contributed by atoms with van der Waals surface area (Å²) in [4.78, 5) is 7.62. The summed E-state index contributed by atoms with van der Waals surface area (Å²) >= 11 is 0. The second-order valence-electron chi connectivity index (χ2n) is 5.76. The minimum Gasteiger partial charge on any atom is -0.358 e. The van der Waals surface area contributed by atoms with Gasteiger partial charge in [0.05, 0.1) is 5.56 Å². The Bertz CT molecular complexity index is 1070. The van der Waals surface area contributed by atoms with Crippen LogP contribution < -0.4 is 5.32 Å². The molecule has 27 heavy (non-hydrogen) atoms. The van der Waals surface area contributed by atoms with Gasteiger partial charge >= 0.3 is 6.18 Å². The summed E-state index contributed by atoms with van der Waals surface area (Å²) in [6.45, 7) is 2.17. The van der Waals surface area contributed by atoms with Crippen molar-refractivity contribution in [3.05, 3.63) is 41.4 Å². The summed E-state index contributed by atoms with van der Waals surface area (Å²) in [5.41, 5.74) is -1.18. The van der Waals surface area contributed by atoms with Crippen LogP contribution in [0.25, 0.3) is 16.9 Å². The number of benzene rings is 1. The number of hydrogen-bond donors (Lipinski definition) is 1. The second-order valence-corrected chi connectivity index (χ2v) is 5.76. The number of rotatable bonds is 3. The van der Waals surface area contributed by atoms with Crippen LogP contribution in [0.2, 0.25) is 0 Å². The van der Waals surface area contributed by atoms with Crippen LogP contribution in [0.15, 0.2) is 18.5 Å². The summed E-state index contributed by atoms with van der Waals surface area (Å²) in [6.07, 6.45) is -3.62. The Morgan fingerprint density at radius 2 is 1.93 bits per heavy atom. The number of anilines is 1. The smallest absolute Gasteiger partial charge is 0.358 e. The molecule has 0 saturated heterocycles. The normalized spacial score (nSPS) is 12.8. The number of aryl methyl sites for hydroxylation is 1. The maximum Gasteiger partial charge on any atom is 0.408 e. The molecule has 1 N–H and O–H groups in total. The molecule has 0 fully saturated rings. The highest BCUT2D eigenvalue weighted by Crippen LogP contribution is 2.35. The van der Waals surface area contributed by atoms with Crippen LogP contribution in [0.3, 0.4) is 0 Å². The van der Waals surface area contributed by atoms with Crippen molar-refractivity contribution >= 4 is 11.6 Å². The van der Waals surface area contributed by atoms with Crippen molar-refractivity contribution in [3.8, 4) is 17.2 Å². The van der Waals surface area contributed by atoms with E-state index < -0.39 is 35.1 Å². The molecule has 0 amide bonds.